The highest BCUT2D eigenvalue weighted by Crippen LogP contribution is 2.31. The van der Waals surface area contributed by atoms with Crippen LogP contribution in [0.25, 0.3) is 21.0 Å². The molecule has 2 aromatic heterocycles. The van der Waals surface area contributed by atoms with Gasteiger partial charge < -0.3 is 9.73 Å². The van der Waals surface area contributed by atoms with Gasteiger partial charge in [-0.2, -0.15) is 0 Å². The fourth-order valence-electron chi connectivity index (χ4n) is 2.65. The van der Waals surface area contributed by atoms with Crippen molar-refractivity contribution in [2.45, 2.75) is 13.0 Å². The van der Waals surface area contributed by atoms with Gasteiger partial charge in [-0.25, -0.2) is 4.98 Å². The van der Waals surface area contributed by atoms with Crippen molar-refractivity contribution in [3.63, 3.8) is 0 Å². The molecular formula is C20H16N2O2S. The number of benzene rings is 2. The van der Waals surface area contributed by atoms with Gasteiger partial charge in [0.15, 0.2) is 16.5 Å². The molecule has 0 saturated heterocycles. The minimum Gasteiger partial charge on any atom is -0.448 e. The van der Waals surface area contributed by atoms with Gasteiger partial charge in [0, 0.05) is 0 Å². The third kappa shape index (κ3) is 3.19. The van der Waals surface area contributed by atoms with E-state index in [0.717, 1.165) is 20.8 Å². The Labute approximate surface area is 149 Å². The van der Waals surface area contributed by atoms with Crippen molar-refractivity contribution in [1.29, 1.82) is 0 Å². The minimum atomic E-state index is -0.233. The quantitative estimate of drug-likeness (QED) is 0.562. The molecule has 4 aromatic rings. The van der Waals surface area contributed by atoms with Gasteiger partial charge in [-0.1, -0.05) is 42.5 Å². The number of thiazole rings is 1. The summed E-state index contributed by atoms with van der Waals surface area (Å²) in [5, 5.41) is 3.73. The fourth-order valence-corrected chi connectivity index (χ4v) is 3.57. The molecule has 2 heterocycles. The highest BCUT2D eigenvalue weighted by molar-refractivity contribution is 7.21. The number of furan rings is 1. The molecule has 0 unspecified atom stereocenters. The molecule has 2 aromatic carbocycles. The lowest BCUT2D eigenvalue weighted by molar-refractivity contribution is 0.0912. The van der Waals surface area contributed by atoms with E-state index in [1.807, 2.05) is 61.5 Å². The Morgan fingerprint density at radius 1 is 1.04 bits per heavy atom. The molecule has 1 N–H and O–H groups in total. The van der Waals surface area contributed by atoms with Crippen LogP contribution >= 0.6 is 11.3 Å². The van der Waals surface area contributed by atoms with Crippen molar-refractivity contribution >= 4 is 27.5 Å². The largest absolute Gasteiger partial charge is 0.448 e. The van der Waals surface area contributed by atoms with Gasteiger partial charge in [0.25, 0.3) is 5.91 Å². The number of carbonyl (C=O) groups excluding carboxylic acids is 1. The summed E-state index contributed by atoms with van der Waals surface area (Å²) in [6.45, 7) is 1.95. The smallest absolute Gasteiger partial charge is 0.287 e. The summed E-state index contributed by atoms with van der Waals surface area (Å²) in [5.74, 6) is 0.666. The summed E-state index contributed by atoms with van der Waals surface area (Å²) >= 11 is 1.55. The Kier molecular flexibility index (Phi) is 4.07. The van der Waals surface area contributed by atoms with Crippen LogP contribution in [-0.4, -0.2) is 10.9 Å². The lowest BCUT2D eigenvalue weighted by Gasteiger charge is -2.12. The Morgan fingerprint density at radius 2 is 1.80 bits per heavy atom. The normalized spacial score (nSPS) is 12.2. The van der Waals surface area contributed by atoms with Crippen molar-refractivity contribution in [2.24, 2.45) is 0 Å². The molecule has 0 saturated carbocycles. The predicted octanol–water partition coefficient (Wildman–Crippen LogP) is 5.05. The summed E-state index contributed by atoms with van der Waals surface area (Å²) in [6.07, 6.45) is 0. The number of para-hydroxylation sites is 1. The summed E-state index contributed by atoms with van der Waals surface area (Å²) < 4.78 is 6.83. The van der Waals surface area contributed by atoms with Crippen molar-refractivity contribution < 1.29 is 9.21 Å². The molecule has 4 nitrogen and oxygen atoms in total. The average Bonchev–Trinajstić information content (AvgIpc) is 3.29. The van der Waals surface area contributed by atoms with E-state index in [0.29, 0.717) is 5.76 Å². The van der Waals surface area contributed by atoms with Crippen LogP contribution in [0.5, 0.6) is 0 Å². The molecule has 0 aliphatic heterocycles. The van der Waals surface area contributed by atoms with Crippen LogP contribution in [0.4, 0.5) is 0 Å². The third-order valence-electron chi connectivity index (χ3n) is 3.98. The summed E-state index contributed by atoms with van der Waals surface area (Å²) in [4.78, 5) is 17.0. The van der Waals surface area contributed by atoms with Gasteiger partial charge >= 0.3 is 0 Å². The summed E-state index contributed by atoms with van der Waals surface area (Å²) in [7, 11) is 0. The molecule has 0 bridgehead atoms. The van der Waals surface area contributed by atoms with E-state index in [4.69, 9.17) is 4.42 Å². The predicted molar refractivity (Wildman–Crippen MR) is 99.6 cm³/mol. The highest BCUT2D eigenvalue weighted by Gasteiger charge is 2.17. The fraction of sp³-hybridized carbons (Fsp3) is 0.100. The van der Waals surface area contributed by atoms with Gasteiger partial charge in [-0.05, 0) is 36.8 Å². The van der Waals surface area contributed by atoms with E-state index >= 15 is 0 Å². The SMILES string of the molecule is C[C@H](NC(=O)c1ccc(-c2nc3ccccc3s2)o1)c1ccccc1. The number of carbonyl (C=O) groups is 1. The standard InChI is InChI=1S/C20H16N2O2S/c1-13(14-7-3-2-4-8-14)21-19(23)16-11-12-17(24-16)20-22-15-9-5-6-10-18(15)25-20/h2-13H,1H3,(H,21,23)/t13-/m0/s1. The third-order valence-corrected chi connectivity index (χ3v) is 5.03. The maximum absolute atomic E-state index is 12.4. The molecule has 1 atom stereocenters. The van der Waals surface area contributed by atoms with Crippen molar-refractivity contribution in [1.82, 2.24) is 10.3 Å². The minimum absolute atomic E-state index is 0.0929. The zero-order chi connectivity index (χ0) is 17.2. The second-order valence-corrected chi connectivity index (χ2v) is 6.79. The second kappa shape index (κ2) is 6.53. The number of hydrogen-bond acceptors (Lipinski definition) is 4. The van der Waals surface area contributed by atoms with Crippen LogP contribution in [0.15, 0.2) is 71.1 Å². The van der Waals surface area contributed by atoms with E-state index in [1.165, 1.54) is 0 Å². The van der Waals surface area contributed by atoms with Gasteiger partial charge in [-0.3, -0.25) is 4.79 Å². The Bertz CT molecular complexity index is 987. The molecule has 0 radical (unpaired) electrons. The highest BCUT2D eigenvalue weighted by atomic mass is 32.1. The number of aromatic nitrogens is 1. The van der Waals surface area contributed by atoms with E-state index in [1.54, 1.807) is 23.5 Å². The number of amides is 1. The number of nitrogens with one attached hydrogen (secondary N) is 1. The number of hydrogen-bond donors (Lipinski definition) is 1. The van der Waals surface area contributed by atoms with Crippen LogP contribution < -0.4 is 5.32 Å². The lowest BCUT2D eigenvalue weighted by atomic mass is 10.1. The van der Waals surface area contributed by atoms with Gasteiger partial charge in [0.05, 0.1) is 16.3 Å². The topological polar surface area (TPSA) is 55.1 Å². The van der Waals surface area contributed by atoms with E-state index in [-0.39, 0.29) is 17.7 Å². The molecule has 0 spiro atoms. The molecule has 0 aliphatic carbocycles. The molecule has 1 amide bonds. The number of rotatable bonds is 4. The van der Waals surface area contributed by atoms with E-state index in [9.17, 15) is 4.79 Å². The first kappa shape index (κ1) is 15.6. The second-order valence-electron chi connectivity index (χ2n) is 5.76. The number of nitrogens with zero attached hydrogens (tertiary/aromatic N) is 1. The van der Waals surface area contributed by atoms with Gasteiger partial charge in [0.1, 0.15) is 0 Å². The lowest BCUT2D eigenvalue weighted by Crippen LogP contribution is -2.26. The van der Waals surface area contributed by atoms with Crippen molar-refractivity contribution in [2.75, 3.05) is 0 Å². The first-order valence-corrected chi connectivity index (χ1v) is 8.84. The van der Waals surface area contributed by atoms with E-state index < -0.39 is 0 Å². The maximum Gasteiger partial charge on any atom is 0.287 e. The maximum atomic E-state index is 12.4. The zero-order valence-corrected chi connectivity index (χ0v) is 14.4. The molecule has 5 heteroatoms. The van der Waals surface area contributed by atoms with Crippen molar-refractivity contribution in [3.05, 3.63) is 78.1 Å². The summed E-state index contributed by atoms with van der Waals surface area (Å²) in [6, 6.07) is 21.1. The Morgan fingerprint density at radius 3 is 2.60 bits per heavy atom. The van der Waals surface area contributed by atoms with Crippen LogP contribution in [0.1, 0.15) is 29.1 Å². The monoisotopic (exact) mass is 348 g/mol. The van der Waals surface area contributed by atoms with Gasteiger partial charge in [0.2, 0.25) is 0 Å². The average molecular weight is 348 g/mol. The van der Waals surface area contributed by atoms with E-state index in [2.05, 4.69) is 10.3 Å². The molecule has 25 heavy (non-hydrogen) atoms. The van der Waals surface area contributed by atoms with Crippen LogP contribution in [0.3, 0.4) is 0 Å². The first-order valence-electron chi connectivity index (χ1n) is 8.02. The molecule has 4 rings (SSSR count). The zero-order valence-electron chi connectivity index (χ0n) is 13.6. The van der Waals surface area contributed by atoms with Crippen LogP contribution in [0, 0.1) is 0 Å². The van der Waals surface area contributed by atoms with Crippen LogP contribution in [-0.2, 0) is 0 Å². The Balaban J connectivity index is 1.53. The summed E-state index contributed by atoms with van der Waals surface area (Å²) in [5.41, 5.74) is 1.98. The van der Waals surface area contributed by atoms with Crippen molar-refractivity contribution in [3.8, 4) is 10.8 Å². The molecule has 0 aliphatic rings. The first-order chi connectivity index (χ1) is 12.2. The Hall–Kier alpha value is -2.92. The van der Waals surface area contributed by atoms with Gasteiger partial charge in [-0.15, -0.1) is 11.3 Å². The molecule has 124 valence electrons. The molecular weight excluding hydrogens is 332 g/mol. The molecule has 0 fully saturated rings. The van der Waals surface area contributed by atoms with Crippen LogP contribution in [0.2, 0.25) is 0 Å². The number of fused-ring (bicyclic) bond motifs is 1.